The van der Waals surface area contributed by atoms with Crippen molar-refractivity contribution in [3.8, 4) is 0 Å². The highest BCUT2D eigenvalue weighted by molar-refractivity contribution is 5.19. The third kappa shape index (κ3) is 2.03. The second-order valence-corrected chi connectivity index (χ2v) is 5.88. The van der Waals surface area contributed by atoms with Gasteiger partial charge in [0.1, 0.15) is 0 Å². The summed E-state index contributed by atoms with van der Waals surface area (Å²) in [4.78, 5) is 0. The highest BCUT2D eigenvalue weighted by atomic mass is 16.6. The predicted molar refractivity (Wildman–Crippen MR) is 63.8 cm³/mol. The van der Waals surface area contributed by atoms with Crippen LogP contribution < -0.4 is 0 Å². The largest absolute Gasteiger partial charge is 0.369 e. The number of epoxide rings is 1. The number of hydrogen-bond acceptors (Lipinski definition) is 1. The van der Waals surface area contributed by atoms with Crippen LogP contribution >= 0.6 is 0 Å². The standard InChI is InChI=1S/C14H22O/c1-11(2)6-7-12-13(3,4)8-5-9-14(12)10-15-14/h6-7,12H,1,5,8-10H2,2-4H3. The first-order valence-electron chi connectivity index (χ1n) is 5.94. The van der Waals surface area contributed by atoms with Crippen LogP contribution in [0.15, 0.2) is 24.3 Å². The highest BCUT2D eigenvalue weighted by Crippen LogP contribution is 2.54. The van der Waals surface area contributed by atoms with E-state index in [0.29, 0.717) is 11.3 Å². The minimum atomic E-state index is 0.188. The van der Waals surface area contributed by atoms with Crippen LogP contribution in [0.4, 0.5) is 0 Å². The first-order chi connectivity index (χ1) is 6.96. The topological polar surface area (TPSA) is 12.5 Å². The van der Waals surface area contributed by atoms with Crippen LogP contribution in [0.1, 0.15) is 40.0 Å². The molecule has 1 aliphatic heterocycles. The molecule has 0 aromatic heterocycles. The van der Waals surface area contributed by atoms with E-state index in [1.807, 2.05) is 6.92 Å². The van der Waals surface area contributed by atoms with Gasteiger partial charge in [-0.1, -0.05) is 38.2 Å². The average Bonchev–Trinajstić information content (AvgIpc) is 2.83. The Morgan fingerprint density at radius 3 is 2.60 bits per heavy atom. The van der Waals surface area contributed by atoms with E-state index in [1.165, 1.54) is 19.3 Å². The molecule has 15 heavy (non-hydrogen) atoms. The molecule has 0 amide bonds. The van der Waals surface area contributed by atoms with E-state index in [4.69, 9.17) is 4.74 Å². The molecule has 2 unspecified atom stereocenters. The van der Waals surface area contributed by atoms with E-state index < -0.39 is 0 Å². The number of rotatable bonds is 2. The Labute approximate surface area is 93.2 Å². The van der Waals surface area contributed by atoms with Gasteiger partial charge in [0, 0.05) is 5.92 Å². The molecular weight excluding hydrogens is 184 g/mol. The molecule has 1 saturated carbocycles. The van der Waals surface area contributed by atoms with Crippen molar-refractivity contribution < 1.29 is 4.74 Å². The maximum atomic E-state index is 5.74. The van der Waals surface area contributed by atoms with Gasteiger partial charge in [0.2, 0.25) is 0 Å². The SMILES string of the molecule is C=C(C)C=CC1C(C)(C)CCCC12CO2. The average molecular weight is 206 g/mol. The van der Waals surface area contributed by atoms with Crippen LogP contribution in [0.25, 0.3) is 0 Å². The van der Waals surface area contributed by atoms with Crippen LogP contribution in [-0.2, 0) is 4.74 Å². The summed E-state index contributed by atoms with van der Waals surface area (Å²) in [6.07, 6.45) is 8.34. The lowest BCUT2D eigenvalue weighted by atomic mass is 9.63. The van der Waals surface area contributed by atoms with Crippen LogP contribution in [0, 0.1) is 11.3 Å². The summed E-state index contributed by atoms with van der Waals surface area (Å²) in [6, 6.07) is 0. The van der Waals surface area contributed by atoms with E-state index in [1.54, 1.807) is 0 Å². The fourth-order valence-electron chi connectivity index (χ4n) is 2.98. The third-order valence-electron chi connectivity index (χ3n) is 3.92. The molecule has 0 radical (unpaired) electrons. The van der Waals surface area contributed by atoms with Crippen molar-refractivity contribution >= 4 is 0 Å². The zero-order valence-electron chi connectivity index (χ0n) is 10.2. The van der Waals surface area contributed by atoms with Crippen LogP contribution in [0.2, 0.25) is 0 Å². The number of ether oxygens (including phenoxy) is 1. The zero-order valence-corrected chi connectivity index (χ0v) is 10.2. The van der Waals surface area contributed by atoms with Gasteiger partial charge in [0.05, 0.1) is 12.2 Å². The van der Waals surface area contributed by atoms with E-state index in [2.05, 4.69) is 32.6 Å². The second kappa shape index (κ2) is 3.48. The third-order valence-corrected chi connectivity index (χ3v) is 3.92. The molecular formula is C14H22O. The smallest absolute Gasteiger partial charge is 0.0983 e. The molecule has 2 aliphatic rings. The molecule has 0 bridgehead atoms. The van der Waals surface area contributed by atoms with Gasteiger partial charge in [-0.15, -0.1) is 0 Å². The Morgan fingerprint density at radius 2 is 2.07 bits per heavy atom. The van der Waals surface area contributed by atoms with Crippen molar-refractivity contribution in [3.05, 3.63) is 24.3 Å². The van der Waals surface area contributed by atoms with E-state index in [9.17, 15) is 0 Å². The molecule has 1 heterocycles. The van der Waals surface area contributed by atoms with Gasteiger partial charge in [0.15, 0.2) is 0 Å². The first kappa shape index (κ1) is 10.9. The van der Waals surface area contributed by atoms with Gasteiger partial charge in [-0.25, -0.2) is 0 Å². The molecule has 2 atom stereocenters. The van der Waals surface area contributed by atoms with Gasteiger partial charge in [-0.05, 0) is 31.6 Å². The van der Waals surface area contributed by atoms with Crippen molar-refractivity contribution in [3.63, 3.8) is 0 Å². The lowest BCUT2D eigenvalue weighted by molar-refractivity contribution is 0.0761. The van der Waals surface area contributed by atoms with Crippen molar-refractivity contribution in [1.29, 1.82) is 0 Å². The summed E-state index contributed by atoms with van der Waals surface area (Å²) >= 11 is 0. The lowest BCUT2D eigenvalue weighted by Gasteiger charge is -2.41. The summed E-state index contributed by atoms with van der Waals surface area (Å²) in [5.41, 5.74) is 1.70. The molecule has 1 nitrogen and oxygen atoms in total. The highest BCUT2D eigenvalue weighted by Gasteiger charge is 2.57. The predicted octanol–water partition coefficient (Wildman–Crippen LogP) is 3.71. The van der Waals surface area contributed by atoms with Gasteiger partial charge >= 0.3 is 0 Å². The Morgan fingerprint density at radius 1 is 1.40 bits per heavy atom. The Hall–Kier alpha value is -0.560. The van der Waals surface area contributed by atoms with Crippen molar-refractivity contribution in [2.45, 2.75) is 45.6 Å². The van der Waals surface area contributed by atoms with Crippen LogP contribution in [0.5, 0.6) is 0 Å². The summed E-state index contributed by atoms with van der Waals surface area (Å²) in [6.45, 7) is 11.7. The quantitative estimate of drug-likeness (QED) is 0.495. The Balaban J connectivity index is 2.19. The number of hydrogen-bond donors (Lipinski definition) is 0. The Kier molecular flexibility index (Phi) is 2.54. The van der Waals surface area contributed by atoms with E-state index in [0.717, 1.165) is 12.2 Å². The molecule has 84 valence electrons. The molecule has 1 spiro atoms. The summed E-state index contributed by atoms with van der Waals surface area (Å²) in [5.74, 6) is 0.565. The van der Waals surface area contributed by atoms with E-state index >= 15 is 0 Å². The summed E-state index contributed by atoms with van der Waals surface area (Å²) in [7, 11) is 0. The van der Waals surface area contributed by atoms with Crippen molar-refractivity contribution in [1.82, 2.24) is 0 Å². The fourth-order valence-corrected chi connectivity index (χ4v) is 2.98. The first-order valence-corrected chi connectivity index (χ1v) is 5.94. The molecule has 0 aromatic rings. The minimum Gasteiger partial charge on any atom is -0.369 e. The molecule has 1 heteroatoms. The molecule has 1 aliphatic carbocycles. The van der Waals surface area contributed by atoms with Gasteiger partial charge in [0.25, 0.3) is 0 Å². The summed E-state index contributed by atoms with van der Waals surface area (Å²) < 4.78 is 5.74. The maximum Gasteiger partial charge on any atom is 0.0983 e. The molecule has 2 rings (SSSR count). The lowest BCUT2D eigenvalue weighted by Crippen LogP contribution is -2.39. The Bertz CT molecular complexity index is 288. The van der Waals surface area contributed by atoms with Gasteiger partial charge in [-0.2, -0.15) is 0 Å². The number of allylic oxidation sites excluding steroid dienone is 2. The summed E-state index contributed by atoms with van der Waals surface area (Å²) in [5, 5.41) is 0. The van der Waals surface area contributed by atoms with Crippen LogP contribution in [0.3, 0.4) is 0 Å². The van der Waals surface area contributed by atoms with Crippen molar-refractivity contribution in [2.75, 3.05) is 6.61 Å². The van der Waals surface area contributed by atoms with Crippen LogP contribution in [-0.4, -0.2) is 12.2 Å². The second-order valence-electron chi connectivity index (χ2n) is 5.88. The zero-order chi connectivity index (χ0) is 11.1. The van der Waals surface area contributed by atoms with Gasteiger partial charge in [-0.3, -0.25) is 0 Å². The molecule has 0 aromatic carbocycles. The minimum absolute atomic E-state index is 0.188. The van der Waals surface area contributed by atoms with Gasteiger partial charge < -0.3 is 4.74 Å². The molecule has 2 fully saturated rings. The molecule has 1 saturated heterocycles. The maximum absolute atomic E-state index is 5.74. The monoisotopic (exact) mass is 206 g/mol. The normalized spacial score (nSPS) is 38.5. The molecule has 0 N–H and O–H groups in total. The van der Waals surface area contributed by atoms with E-state index in [-0.39, 0.29) is 5.60 Å². The fraction of sp³-hybridized carbons (Fsp3) is 0.714. The van der Waals surface area contributed by atoms with Crippen molar-refractivity contribution in [2.24, 2.45) is 11.3 Å².